The summed E-state index contributed by atoms with van der Waals surface area (Å²) in [5, 5.41) is 9.40. The molecule has 0 amide bonds. The van der Waals surface area contributed by atoms with Gasteiger partial charge in [-0.1, -0.05) is 19.9 Å². The van der Waals surface area contributed by atoms with Gasteiger partial charge in [-0.05, 0) is 36.6 Å². The Morgan fingerprint density at radius 3 is 2.06 bits per heavy atom. The van der Waals surface area contributed by atoms with Gasteiger partial charge in [0, 0.05) is 11.7 Å². The van der Waals surface area contributed by atoms with Gasteiger partial charge in [0.2, 0.25) is 0 Å². The van der Waals surface area contributed by atoms with Crippen LogP contribution in [0.5, 0.6) is 0 Å². The summed E-state index contributed by atoms with van der Waals surface area (Å²) in [5.74, 6) is 0. The minimum Gasteiger partial charge on any atom is -0.395 e. The molecule has 0 saturated carbocycles. The molecule has 0 aliphatic heterocycles. The van der Waals surface area contributed by atoms with Crippen molar-refractivity contribution in [3.8, 4) is 0 Å². The van der Waals surface area contributed by atoms with E-state index in [2.05, 4.69) is 0 Å². The van der Waals surface area contributed by atoms with Gasteiger partial charge in [-0.25, -0.2) is 8.42 Å². The van der Waals surface area contributed by atoms with E-state index >= 15 is 0 Å². The number of rotatable bonds is 3. The van der Waals surface area contributed by atoms with E-state index < -0.39 is 15.3 Å². The highest BCUT2D eigenvalue weighted by Crippen LogP contribution is 2.31. The second kappa shape index (κ2) is 4.42. The molecule has 4 heteroatoms. The molecule has 0 unspecified atom stereocenters. The molecule has 0 radical (unpaired) electrons. The van der Waals surface area contributed by atoms with Crippen molar-refractivity contribution in [2.24, 2.45) is 0 Å². The first-order valence-corrected chi connectivity index (χ1v) is 7.41. The molecule has 17 heavy (non-hydrogen) atoms. The van der Waals surface area contributed by atoms with Crippen LogP contribution in [0.1, 0.15) is 30.5 Å². The number of hydrogen-bond donors (Lipinski definition) is 1. The zero-order valence-corrected chi connectivity index (χ0v) is 11.9. The quantitative estimate of drug-likeness (QED) is 0.899. The predicted molar refractivity (Wildman–Crippen MR) is 69.1 cm³/mol. The summed E-state index contributed by atoms with van der Waals surface area (Å²) in [5.41, 5.74) is 2.11. The number of sulfone groups is 1. The number of aliphatic hydroxyl groups is 1. The van der Waals surface area contributed by atoms with Crippen LogP contribution in [0.15, 0.2) is 17.0 Å². The van der Waals surface area contributed by atoms with Crippen LogP contribution in [0, 0.1) is 13.8 Å². The maximum absolute atomic E-state index is 11.8. The van der Waals surface area contributed by atoms with Crippen molar-refractivity contribution >= 4 is 9.84 Å². The average molecular weight is 256 g/mol. The highest BCUT2D eigenvalue weighted by atomic mass is 32.2. The smallest absolute Gasteiger partial charge is 0.175 e. The SMILES string of the molecule is Cc1cc(C(C)(C)CO)c(S(C)(=O)=O)cc1C. The first-order valence-electron chi connectivity index (χ1n) is 5.52. The largest absolute Gasteiger partial charge is 0.395 e. The van der Waals surface area contributed by atoms with Crippen molar-refractivity contribution in [1.29, 1.82) is 0 Å². The summed E-state index contributed by atoms with van der Waals surface area (Å²) in [6.07, 6.45) is 1.20. The Balaban J connectivity index is 3.65. The van der Waals surface area contributed by atoms with Crippen molar-refractivity contribution in [3.05, 3.63) is 28.8 Å². The van der Waals surface area contributed by atoms with Crippen LogP contribution in [0.4, 0.5) is 0 Å². The van der Waals surface area contributed by atoms with Gasteiger partial charge in [-0.3, -0.25) is 0 Å². The molecule has 1 N–H and O–H groups in total. The average Bonchev–Trinajstić information content (AvgIpc) is 2.19. The summed E-state index contributed by atoms with van der Waals surface area (Å²) in [4.78, 5) is 0.319. The minimum absolute atomic E-state index is 0.0853. The fraction of sp³-hybridized carbons (Fsp3) is 0.538. The molecule has 1 rings (SSSR count). The number of aliphatic hydroxyl groups excluding tert-OH is 1. The number of hydrogen-bond acceptors (Lipinski definition) is 3. The first-order chi connectivity index (χ1) is 7.59. The molecule has 1 aromatic carbocycles. The van der Waals surface area contributed by atoms with E-state index in [4.69, 9.17) is 0 Å². The monoisotopic (exact) mass is 256 g/mol. The number of aryl methyl sites for hydroxylation is 2. The van der Waals surface area contributed by atoms with Crippen LogP contribution < -0.4 is 0 Å². The van der Waals surface area contributed by atoms with E-state index in [9.17, 15) is 13.5 Å². The van der Waals surface area contributed by atoms with Crippen LogP contribution in [-0.4, -0.2) is 26.4 Å². The Hall–Kier alpha value is -0.870. The van der Waals surface area contributed by atoms with Gasteiger partial charge in [0.1, 0.15) is 0 Å². The summed E-state index contributed by atoms with van der Waals surface area (Å²) >= 11 is 0. The Labute approximate surface area is 103 Å². The highest BCUT2D eigenvalue weighted by Gasteiger charge is 2.27. The van der Waals surface area contributed by atoms with Crippen molar-refractivity contribution in [3.63, 3.8) is 0 Å². The third-order valence-electron chi connectivity index (χ3n) is 3.12. The lowest BCUT2D eigenvalue weighted by Crippen LogP contribution is -2.25. The van der Waals surface area contributed by atoms with Gasteiger partial charge in [-0.2, -0.15) is 0 Å². The topological polar surface area (TPSA) is 54.4 Å². The molecule has 3 nitrogen and oxygen atoms in total. The van der Waals surface area contributed by atoms with Crippen molar-refractivity contribution in [2.75, 3.05) is 12.9 Å². The standard InChI is InChI=1S/C13H20O3S/c1-9-6-11(13(3,4)8-14)12(7-10(9)2)17(5,15)16/h6-7,14H,8H2,1-5H3. The van der Waals surface area contributed by atoms with E-state index in [1.165, 1.54) is 6.26 Å². The molecule has 1 aromatic rings. The fourth-order valence-corrected chi connectivity index (χ4v) is 2.84. The fourth-order valence-electron chi connectivity index (χ4n) is 1.71. The summed E-state index contributed by atoms with van der Waals surface area (Å²) < 4.78 is 23.6. The third kappa shape index (κ3) is 2.87. The summed E-state index contributed by atoms with van der Waals surface area (Å²) in [6.45, 7) is 7.42. The van der Waals surface area contributed by atoms with Crippen molar-refractivity contribution < 1.29 is 13.5 Å². The maximum Gasteiger partial charge on any atom is 0.175 e. The minimum atomic E-state index is -3.28. The predicted octanol–water partition coefficient (Wildman–Crippen LogP) is 1.98. The maximum atomic E-state index is 11.8. The molecule has 0 aliphatic carbocycles. The normalized spacial score (nSPS) is 12.8. The second-order valence-corrected chi connectivity index (χ2v) is 7.23. The van der Waals surface area contributed by atoms with Crippen molar-refractivity contribution in [2.45, 2.75) is 38.0 Å². The third-order valence-corrected chi connectivity index (χ3v) is 4.26. The Kier molecular flexibility index (Phi) is 3.69. The first kappa shape index (κ1) is 14.2. The molecule has 0 bridgehead atoms. The van der Waals surface area contributed by atoms with Crippen LogP contribution in [0.25, 0.3) is 0 Å². The molecule has 0 spiro atoms. The van der Waals surface area contributed by atoms with E-state index in [1.807, 2.05) is 33.8 Å². The molecular weight excluding hydrogens is 236 g/mol. The molecule has 96 valence electrons. The van der Waals surface area contributed by atoms with Gasteiger partial charge in [0.05, 0.1) is 11.5 Å². The van der Waals surface area contributed by atoms with Gasteiger partial charge in [0.25, 0.3) is 0 Å². The van der Waals surface area contributed by atoms with Crippen LogP contribution >= 0.6 is 0 Å². The summed E-state index contributed by atoms with van der Waals surface area (Å²) in [7, 11) is -3.28. The van der Waals surface area contributed by atoms with Gasteiger partial charge >= 0.3 is 0 Å². The van der Waals surface area contributed by atoms with Crippen LogP contribution in [0.2, 0.25) is 0 Å². The highest BCUT2D eigenvalue weighted by molar-refractivity contribution is 7.90. The van der Waals surface area contributed by atoms with E-state index in [0.29, 0.717) is 10.5 Å². The number of benzene rings is 1. The van der Waals surface area contributed by atoms with Crippen molar-refractivity contribution in [1.82, 2.24) is 0 Å². The second-order valence-electron chi connectivity index (χ2n) is 5.25. The Bertz CT molecular complexity index is 528. The van der Waals surface area contributed by atoms with Gasteiger partial charge in [0.15, 0.2) is 9.84 Å². The zero-order chi connectivity index (χ0) is 13.4. The molecule has 0 atom stereocenters. The summed E-state index contributed by atoms with van der Waals surface area (Å²) in [6, 6.07) is 3.55. The Morgan fingerprint density at radius 1 is 1.18 bits per heavy atom. The van der Waals surface area contributed by atoms with E-state index in [1.54, 1.807) is 6.07 Å². The van der Waals surface area contributed by atoms with Crippen LogP contribution in [0.3, 0.4) is 0 Å². The molecule has 0 saturated heterocycles. The molecule has 0 fully saturated rings. The molecule has 0 heterocycles. The van der Waals surface area contributed by atoms with E-state index in [0.717, 1.165) is 11.1 Å². The lowest BCUT2D eigenvalue weighted by molar-refractivity contribution is 0.216. The van der Waals surface area contributed by atoms with Crippen LogP contribution in [-0.2, 0) is 15.3 Å². The van der Waals surface area contributed by atoms with E-state index in [-0.39, 0.29) is 6.61 Å². The van der Waals surface area contributed by atoms with Gasteiger partial charge < -0.3 is 5.11 Å². The Morgan fingerprint density at radius 2 is 1.65 bits per heavy atom. The molecular formula is C13H20O3S. The lowest BCUT2D eigenvalue weighted by atomic mass is 9.84. The molecule has 0 aliphatic rings. The van der Waals surface area contributed by atoms with Gasteiger partial charge in [-0.15, -0.1) is 0 Å². The zero-order valence-electron chi connectivity index (χ0n) is 11.0. The molecule has 0 aromatic heterocycles. The lowest BCUT2D eigenvalue weighted by Gasteiger charge is -2.26.